The van der Waals surface area contributed by atoms with Crippen LogP contribution in [0, 0.1) is 0 Å². The van der Waals surface area contributed by atoms with E-state index in [0.29, 0.717) is 0 Å². The van der Waals surface area contributed by atoms with Crippen molar-refractivity contribution >= 4 is 0 Å². The second-order valence-electron chi connectivity index (χ2n) is 4.21. The van der Waals surface area contributed by atoms with Gasteiger partial charge in [0.25, 0.3) is 0 Å². The number of quaternary nitrogens is 1. The minimum absolute atomic E-state index is 0.760. The molecule has 100 valence electrons. The lowest BCUT2D eigenvalue weighted by atomic mass is 10.2. The van der Waals surface area contributed by atoms with E-state index in [-0.39, 0.29) is 0 Å². The molecule has 0 amide bonds. The van der Waals surface area contributed by atoms with Gasteiger partial charge in [0, 0.05) is 11.8 Å². The van der Waals surface area contributed by atoms with Crippen molar-refractivity contribution in [2.75, 3.05) is 14.2 Å². The zero-order valence-electron chi connectivity index (χ0n) is 11.3. The van der Waals surface area contributed by atoms with Gasteiger partial charge in [0.1, 0.15) is 13.1 Å². The average Bonchev–Trinajstić information content (AvgIpc) is 2.48. The van der Waals surface area contributed by atoms with Crippen molar-refractivity contribution in [1.29, 1.82) is 0 Å². The maximum atomic E-state index is 5.29. The lowest BCUT2D eigenvalue weighted by Crippen LogP contribution is -2.80. The van der Waals surface area contributed by atoms with E-state index in [2.05, 4.69) is 16.4 Å². The number of hydrogen-bond donors (Lipinski definition) is 1. The highest BCUT2D eigenvalue weighted by atomic mass is 16.5. The van der Waals surface area contributed by atoms with Crippen molar-refractivity contribution < 1.29 is 14.8 Å². The van der Waals surface area contributed by atoms with Crippen molar-refractivity contribution in [1.82, 2.24) is 4.98 Å². The first-order valence-corrected chi connectivity index (χ1v) is 6.26. The van der Waals surface area contributed by atoms with E-state index in [0.717, 1.165) is 30.3 Å². The van der Waals surface area contributed by atoms with Crippen molar-refractivity contribution in [3.63, 3.8) is 0 Å². The summed E-state index contributed by atoms with van der Waals surface area (Å²) in [5.74, 6) is 1.53. The molecule has 0 aliphatic carbocycles. The largest absolute Gasteiger partial charge is 0.493 e. The predicted molar refractivity (Wildman–Crippen MR) is 73.1 cm³/mol. The molecular formula is C15H19N2O2+. The molecule has 0 aliphatic heterocycles. The van der Waals surface area contributed by atoms with Crippen molar-refractivity contribution in [2.24, 2.45) is 0 Å². The molecular weight excluding hydrogens is 240 g/mol. The quantitative estimate of drug-likeness (QED) is 0.852. The average molecular weight is 259 g/mol. The molecule has 0 aliphatic rings. The molecule has 2 rings (SSSR count). The normalized spacial score (nSPS) is 10.2. The molecule has 0 unspecified atom stereocenters. The van der Waals surface area contributed by atoms with Crippen LogP contribution < -0.4 is 14.8 Å². The van der Waals surface area contributed by atoms with Gasteiger partial charge in [-0.25, -0.2) is 0 Å². The van der Waals surface area contributed by atoms with Crippen LogP contribution in [0.15, 0.2) is 42.6 Å². The number of nitrogens with two attached hydrogens (primary N) is 1. The maximum absolute atomic E-state index is 5.29. The minimum Gasteiger partial charge on any atom is -0.493 e. The maximum Gasteiger partial charge on any atom is 0.161 e. The number of ether oxygens (including phenoxy) is 2. The SMILES string of the molecule is COc1ccc(C[NH2+]Cc2ccccn2)cc1OC. The summed E-state index contributed by atoms with van der Waals surface area (Å²) < 4.78 is 10.5. The Hall–Kier alpha value is -2.07. The molecule has 1 heterocycles. The van der Waals surface area contributed by atoms with Crippen LogP contribution in [0.1, 0.15) is 11.3 Å². The van der Waals surface area contributed by atoms with Crippen LogP contribution in [-0.2, 0) is 13.1 Å². The fourth-order valence-electron chi connectivity index (χ4n) is 1.91. The van der Waals surface area contributed by atoms with E-state index in [1.165, 1.54) is 5.56 Å². The van der Waals surface area contributed by atoms with Gasteiger partial charge in [0.2, 0.25) is 0 Å². The van der Waals surface area contributed by atoms with Gasteiger partial charge in [-0.15, -0.1) is 0 Å². The number of pyridine rings is 1. The van der Waals surface area contributed by atoms with Crippen LogP contribution >= 0.6 is 0 Å². The number of methoxy groups -OCH3 is 2. The monoisotopic (exact) mass is 259 g/mol. The van der Waals surface area contributed by atoms with Crippen LogP contribution in [0.3, 0.4) is 0 Å². The first-order chi connectivity index (χ1) is 9.33. The first-order valence-electron chi connectivity index (χ1n) is 6.26. The molecule has 0 atom stereocenters. The van der Waals surface area contributed by atoms with E-state index in [1.54, 1.807) is 14.2 Å². The van der Waals surface area contributed by atoms with E-state index < -0.39 is 0 Å². The molecule has 2 aromatic rings. The number of hydrogen-bond acceptors (Lipinski definition) is 3. The van der Waals surface area contributed by atoms with Gasteiger partial charge < -0.3 is 14.8 Å². The van der Waals surface area contributed by atoms with Crippen LogP contribution in [0.2, 0.25) is 0 Å². The van der Waals surface area contributed by atoms with Gasteiger partial charge in [0.05, 0.1) is 19.9 Å². The molecule has 0 saturated heterocycles. The zero-order valence-corrected chi connectivity index (χ0v) is 11.3. The van der Waals surface area contributed by atoms with Crippen molar-refractivity contribution in [3.05, 3.63) is 53.9 Å². The number of benzene rings is 1. The second-order valence-corrected chi connectivity index (χ2v) is 4.21. The summed E-state index contributed by atoms with van der Waals surface area (Å²) in [5, 5.41) is 2.21. The van der Waals surface area contributed by atoms with Gasteiger partial charge in [-0.05, 0) is 30.3 Å². The van der Waals surface area contributed by atoms with Gasteiger partial charge in [-0.3, -0.25) is 4.98 Å². The third-order valence-electron chi connectivity index (χ3n) is 2.91. The van der Waals surface area contributed by atoms with E-state index >= 15 is 0 Å². The Labute approximate surface area is 113 Å². The Morgan fingerprint density at radius 1 is 1.00 bits per heavy atom. The molecule has 0 bridgehead atoms. The Kier molecular flexibility index (Phi) is 4.75. The molecule has 4 heteroatoms. The minimum atomic E-state index is 0.760. The summed E-state index contributed by atoms with van der Waals surface area (Å²) in [7, 11) is 3.30. The summed E-state index contributed by atoms with van der Waals surface area (Å²) in [5.41, 5.74) is 2.29. The molecule has 0 fully saturated rings. The third kappa shape index (κ3) is 3.69. The topological polar surface area (TPSA) is 48.0 Å². The fraction of sp³-hybridized carbons (Fsp3) is 0.267. The van der Waals surface area contributed by atoms with Crippen LogP contribution in [-0.4, -0.2) is 19.2 Å². The standard InChI is InChI=1S/C15H18N2O2/c1-18-14-7-6-12(9-15(14)19-2)10-16-11-13-5-3-4-8-17-13/h3-9,16H,10-11H2,1-2H3/p+1. The van der Waals surface area contributed by atoms with E-state index in [1.807, 2.05) is 36.5 Å². The summed E-state index contributed by atoms with van der Waals surface area (Å²) >= 11 is 0. The molecule has 2 N–H and O–H groups in total. The lowest BCUT2D eigenvalue weighted by Gasteiger charge is -2.09. The molecule has 0 spiro atoms. The lowest BCUT2D eigenvalue weighted by molar-refractivity contribution is -0.686. The summed E-state index contributed by atoms with van der Waals surface area (Å²) in [6.07, 6.45) is 1.82. The number of rotatable bonds is 6. The molecule has 0 radical (unpaired) electrons. The van der Waals surface area contributed by atoms with Crippen LogP contribution in [0.25, 0.3) is 0 Å². The molecule has 1 aromatic heterocycles. The second kappa shape index (κ2) is 6.75. The fourth-order valence-corrected chi connectivity index (χ4v) is 1.91. The Morgan fingerprint density at radius 3 is 2.53 bits per heavy atom. The van der Waals surface area contributed by atoms with Crippen molar-refractivity contribution in [2.45, 2.75) is 13.1 Å². The highest BCUT2D eigenvalue weighted by molar-refractivity contribution is 5.42. The van der Waals surface area contributed by atoms with Crippen LogP contribution in [0.4, 0.5) is 0 Å². The molecule has 19 heavy (non-hydrogen) atoms. The van der Waals surface area contributed by atoms with Gasteiger partial charge in [-0.1, -0.05) is 6.07 Å². The summed E-state index contributed by atoms with van der Waals surface area (Å²) in [6, 6.07) is 12.0. The highest BCUT2D eigenvalue weighted by Gasteiger charge is 2.05. The number of nitrogens with zero attached hydrogens (tertiary/aromatic N) is 1. The highest BCUT2D eigenvalue weighted by Crippen LogP contribution is 2.27. The Morgan fingerprint density at radius 2 is 1.84 bits per heavy atom. The third-order valence-corrected chi connectivity index (χ3v) is 2.91. The van der Waals surface area contributed by atoms with Gasteiger partial charge in [0.15, 0.2) is 11.5 Å². The molecule has 0 saturated carbocycles. The number of aromatic nitrogens is 1. The van der Waals surface area contributed by atoms with E-state index in [9.17, 15) is 0 Å². The Bertz CT molecular complexity index is 515. The van der Waals surface area contributed by atoms with Crippen LogP contribution in [0.5, 0.6) is 11.5 Å². The van der Waals surface area contributed by atoms with Gasteiger partial charge >= 0.3 is 0 Å². The zero-order chi connectivity index (χ0) is 13.5. The Balaban J connectivity index is 1.93. The molecule has 1 aromatic carbocycles. The smallest absolute Gasteiger partial charge is 0.161 e. The summed E-state index contributed by atoms with van der Waals surface area (Å²) in [4.78, 5) is 4.30. The molecule has 4 nitrogen and oxygen atoms in total. The summed E-state index contributed by atoms with van der Waals surface area (Å²) in [6.45, 7) is 1.76. The van der Waals surface area contributed by atoms with Gasteiger partial charge in [-0.2, -0.15) is 0 Å². The van der Waals surface area contributed by atoms with E-state index in [4.69, 9.17) is 9.47 Å². The first kappa shape index (κ1) is 13.4. The van der Waals surface area contributed by atoms with Crippen molar-refractivity contribution in [3.8, 4) is 11.5 Å². The predicted octanol–water partition coefficient (Wildman–Crippen LogP) is 1.36.